The Balaban J connectivity index is 1.98. The van der Waals surface area contributed by atoms with E-state index in [0.717, 1.165) is 10.6 Å². The maximum absolute atomic E-state index is 12.8. The molecule has 29 heavy (non-hydrogen) atoms. The number of amides is 1. The smallest absolute Gasteiger partial charge is 0.334 e. The minimum atomic E-state index is -3.99. The summed E-state index contributed by atoms with van der Waals surface area (Å²) in [5.74, 6) is -1.12. The summed E-state index contributed by atoms with van der Waals surface area (Å²) in [5.41, 5.74) is 1.78. The molecule has 1 unspecified atom stereocenters. The lowest BCUT2D eigenvalue weighted by Crippen LogP contribution is -2.49. The van der Waals surface area contributed by atoms with E-state index >= 15 is 0 Å². The van der Waals surface area contributed by atoms with E-state index in [1.807, 2.05) is 13.0 Å². The molecule has 0 spiro atoms. The van der Waals surface area contributed by atoms with Crippen molar-refractivity contribution in [2.75, 3.05) is 6.61 Å². The molecule has 0 radical (unpaired) electrons. The minimum absolute atomic E-state index is 0.0443. The van der Waals surface area contributed by atoms with Gasteiger partial charge < -0.3 is 4.74 Å². The van der Waals surface area contributed by atoms with Crippen LogP contribution in [0.15, 0.2) is 71.1 Å². The molecule has 0 bridgehead atoms. The quantitative estimate of drug-likeness (QED) is 0.734. The van der Waals surface area contributed by atoms with Crippen LogP contribution in [-0.4, -0.2) is 31.9 Å². The first kappa shape index (κ1) is 20.8. The van der Waals surface area contributed by atoms with Gasteiger partial charge in [0.05, 0.1) is 24.0 Å². The zero-order valence-electron chi connectivity index (χ0n) is 16.2. The largest absolute Gasteiger partial charge is 0.463 e. The number of sulfonamides is 1. The van der Waals surface area contributed by atoms with Crippen LogP contribution in [0.2, 0.25) is 0 Å². The van der Waals surface area contributed by atoms with Gasteiger partial charge in [-0.3, -0.25) is 9.80 Å². The molecule has 0 fully saturated rings. The highest BCUT2D eigenvalue weighted by atomic mass is 32.2. The lowest BCUT2D eigenvalue weighted by Gasteiger charge is -2.34. The minimum Gasteiger partial charge on any atom is -0.463 e. The fourth-order valence-electron chi connectivity index (χ4n) is 2.99. The predicted molar refractivity (Wildman–Crippen MR) is 107 cm³/mol. The Hall–Kier alpha value is -2.97. The highest BCUT2D eigenvalue weighted by Crippen LogP contribution is 2.30. The van der Waals surface area contributed by atoms with Gasteiger partial charge in [0.2, 0.25) is 5.91 Å². The zero-order chi connectivity index (χ0) is 21.0. The summed E-state index contributed by atoms with van der Waals surface area (Å²) in [6, 6.07) is 14.4. The van der Waals surface area contributed by atoms with Gasteiger partial charge in [-0.25, -0.2) is 13.2 Å². The van der Waals surface area contributed by atoms with Crippen molar-refractivity contribution in [2.45, 2.75) is 31.2 Å². The summed E-state index contributed by atoms with van der Waals surface area (Å²) >= 11 is 0. The molecule has 0 saturated carbocycles. The fourth-order valence-corrected chi connectivity index (χ4v) is 4.07. The Kier molecular flexibility index (Phi) is 6.14. The van der Waals surface area contributed by atoms with E-state index in [4.69, 9.17) is 4.74 Å². The summed E-state index contributed by atoms with van der Waals surface area (Å²) in [4.78, 5) is 27.4. The number of nitrogens with one attached hydrogen (secondary N) is 1. The third-order valence-electron chi connectivity index (χ3n) is 4.48. The van der Waals surface area contributed by atoms with Gasteiger partial charge in [-0.15, -0.1) is 4.83 Å². The molecule has 1 aliphatic heterocycles. The Labute approximate surface area is 170 Å². The number of benzene rings is 2. The molecule has 2 aromatic carbocycles. The number of carbonyl (C=O) groups is 2. The van der Waals surface area contributed by atoms with Crippen LogP contribution in [0.3, 0.4) is 0 Å². The topological polar surface area (TPSA) is 92.8 Å². The van der Waals surface area contributed by atoms with Crippen molar-refractivity contribution < 1.29 is 22.7 Å². The number of ether oxygens (including phenoxy) is 1. The molecule has 2 aromatic rings. The molecule has 0 aromatic heterocycles. The van der Waals surface area contributed by atoms with E-state index < -0.39 is 27.9 Å². The second-order valence-electron chi connectivity index (χ2n) is 6.62. The van der Waals surface area contributed by atoms with E-state index in [0.29, 0.717) is 5.56 Å². The Morgan fingerprint density at radius 3 is 2.41 bits per heavy atom. The van der Waals surface area contributed by atoms with Crippen LogP contribution >= 0.6 is 0 Å². The molecule has 0 saturated heterocycles. The number of hydrogen-bond acceptors (Lipinski definition) is 5. The highest BCUT2D eigenvalue weighted by Gasteiger charge is 2.35. The first-order chi connectivity index (χ1) is 13.8. The molecule has 1 heterocycles. The number of hydrazine groups is 1. The second-order valence-corrected chi connectivity index (χ2v) is 8.28. The van der Waals surface area contributed by atoms with Crippen molar-refractivity contribution in [3.05, 3.63) is 77.4 Å². The van der Waals surface area contributed by atoms with Gasteiger partial charge >= 0.3 is 5.97 Å². The molecule has 0 aliphatic carbocycles. The molecule has 1 N–H and O–H groups in total. The van der Waals surface area contributed by atoms with Gasteiger partial charge in [0.15, 0.2) is 0 Å². The van der Waals surface area contributed by atoms with E-state index in [2.05, 4.69) is 4.83 Å². The van der Waals surface area contributed by atoms with Gasteiger partial charge in [-0.1, -0.05) is 48.0 Å². The van der Waals surface area contributed by atoms with Crippen molar-refractivity contribution in [3.8, 4) is 0 Å². The molecule has 7 nitrogen and oxygen atoms in total. The van der Waals surface area contributed by atoms with Gasteiger partial charge in [-0.2, -0.15) is 0 Å². The number of carbonyl (C=O) groups excluding carboxylic acids is 2. The molecule has 3 rings (SSSR count). The van der Waals surface area contributed by atoms with Crippen molar-refractivity contribution in [3.63, 3.8) is 0 Å². The van der Waals surface area contributed by atoms with Gasteiger partial charge in [-0.05, 0) is 37.6 Å². The maximum Gasteiger partial charge on any atom is 0.334 e. The van der Waals surface area contributed by atoms with E-state index in [9.17, 15) is 18.0 Å². The summed E-state index contributed by atoms with van der Waals surface area (Å²) in [5, 5.41) is 1.05. The van der Waals surface area contributed by atoms with Gasteiger partial charge in [0.25, 0.3) is 10.0 Å². The summed E-state index contributed by atoms with van der Waals surface area (Å²) in [6.45, 7) is 3.72. The summed E-state index contributed by atoms with van der Waals surface area (Å²) in [7, 11) is -3.99. The zero-order valence-corrected chi connectivity index (χ0v) is 17.0. The molecule has 152 valence electrons. The van der Waals surface area contributed by atoms with Crippen LogP contribution in [0.5, 0.6) is 0 Å². The van der Waals surface area contributed by atoms with Crippen LogP contribution in [0.4, 0.5) is 0 Å². The third-order valence-corrected chi connectivity index (χ3v) is 5.81. The lowest BCUT2D eigenvalue weighted by molar-refractivity contribution is -0.142. The monoisotopic (exact) mass is 414 g/mol. The number of hydrogen-bond donors (Lipinski definition) is 1. The molecule has 8 heteroatoms. The van der Waals surface area contributed by atoms with Crippen LogP contribution < -0.4 is 4.83 Å². The van der Waals surface area contributed by atoms with Crippen molar-refractivity contribution in [1.29, 1.82) is 0 Å². The SMILES string of the molecule is CCOC(=O)C1=CC(c2ccccc2)N(NS(=O)(=O)c2ccc(C)cc2)C(=O)C1. The first-order valence-electron chi connectivity index (χ1n) is 9.15. The van der Waals surface area contributed by atoms with Crippen molar-refractivity contribution >= 4 is 21.9 Å². The first-order valence-corrected chi connectivity index (χ1v) is 10.6. The van der Waals surface area contributed by atoms with Gasteiger partial charge in [0.1, 0.15) is 0 Å². The molecule has 1 amide bonds. The third kappa shape index (κ3) is 4.72. The normalized spacial score (nSPS) is 17.0. The fraction of sp³-hybridized carbons (Fsp3) is 0.238. The van der Waals surface area contributed by atoms with E-state index in [1.54, 1.807) is 49.4 Å². The van der Waals surface area contributed by atoms with Crippen LogP contribution in [0, 0.1) is 6.92 Å². The second kappa shape index (κ2) is 8.59. The number of esters is 1. The van der Waals surface area contributed by atoms with Gasteiger partial charge in [0, 0.05) is 5.57 Å². The van der Waals surface area contributed by atoms with Crippen LogP contribution in [-0.2, 0) is 24.3 Å². The Morgan fingerprint density at radius 1 is 1.14 bits per heavy atom. The Bertz CT molecular complexity index is 1030. The average Bonchev–Trinajstić information content (AvgIpc) is 2.70. The number of aryl methyl sites for hydroxylation is 1. The maximum atomic E-state index is 12.8. The van der Waals surface area contributed by atoms with Crippen LogP contribution in [0.1, 0.15) is 30.5 Å². The molecular formula is C21H22N2O5S. The molecule has 1 aliphatic rings. The summed E-state index contributed by atoms with van der Waals surface area (Å²) < 4.78 is 30.7. The highest BCUT2D eigenvalue weighted by molar-refractivity contribution is 7.89. The Morgan fingerprint density at radius 2 is 1.79 bits per heavy atom. The molecular weight excluding hydrogens is 392 g/mol. The predicted octanol–water partition coefficient (Wildman–Crippen LogP) is 2.65. The summed E-state index contributed by atoms with van der Waals surface area (Å²) in [6.07, 6.45) is 1.31. The number of rotatable bonds is 6. The lowest BCUT2D eigenvalue weighted by atomic mass is 9.97. The van der Waals surface area contributed by atoms with E-state index in [1.165, 1.54) is 12.1 Å². The average molecular weight is 414 g/mol. The van der Waals surface area contributed by atoms with E-state index in [-0.39, 0.29) is 23.5 Å². The standard InChI is InChI=1S/C21H22N2O5S/c1-3-28-21(25)17-13-19(16-7-5-4-6-8-16)23(20(24)14-17)22-29(26,27)18-11-9-15(2)10-12-18/h4-13,19,22H,3,14H2,1-2H3. The van der Waals surface area contributed by atoms with Crippen molar-refractivity contribution in [2.24, 2.45) is 0 Å². The van der Waals surface area contributed by atoms with Crippen LogP contribution in [0.25, 0.3) is 0 Å². The van der Waals surface area contributed by atoms with Crippen molar-refractivity contribution in [1.82, 2.24) is 9.84 Å². The molecule has 1 atom stereocenters. The number of nitrogens with zero attached hydrogens (tertiary/aromatic N) is 1.